The number of benzene rings is 1. The fourth-order valence-electron chi connectivity index (χ4n) is 1.19. The van der Waals surface area contributed by atoms with Crippen molar-refractivity contribution in [1.29, 1.82) is 0 Å². The lowest BCUT2D eigenvalue weighted by Crippen LogP contribution is -1.97. The summed E-state index contributed by atoms with van der Waals surface area (Å²) < 4.78 is 5.15. The van der Waals surface area contributed by atoms with Gasteiger partial charge in [0.2, 0.25) is 0 Å². The van der Waals surface area contributed by atoms with Crippen LogP contribution >= 0.6 is 0 Å². The minimum Gasteiger partial charge on any atom is -0.872 e. The Labute approximate surface area is 87.2 Å². The molecule has 3 heteroatoms. The molecule has 1 aliphatic carbocycles. The third-order valence-electron chi connectivity index (χ3n) is 1.95. The van der Waals surface area contributed by atoms with Gasteiger partial charge in [-0.05, 0) is 24.3 Å². The van der Waals surface area contributed by atoms with Gasteiger partial charge in [-0.1, -0.05) is 24.3 Å². The van der Waals surface area contributed by atoms with Crippen LogP contribution in [0.4, 0.5) is 0 Å². The van der Waals surface area contributed by atoms with E-state index in [2.05, 4.69) is 0 Å². The molecule has 15 heavy (non-hydrogen) atoms. The maximum atomic E-state index is 10.8. The summed E-state index contributed by atoms with van der Waals surface area (Å²) in [6, 6.07) is 5.80. The van der Waals surface area contributed by atoms with Crippen LogP contribution in [0, 0.1) is 0 Å². The summed E-state index contributed by atoms with van der Waals surface area (Å²) in [5, 5.41) is 20.4. The van der Waals surface area contributed by atoms with E-state index in [0.29, 0.717) is 11.3 Å². The quantitative estimate of drug-likeness (QED) is 0.745. The lowest BCUT2D eigenvalue weighted by Gasteiger charge is -2.08. The van der Waals surface area contributed by atoms with E-state index in [1.807, 2.05) is 0 Å². The van der Waals surface area contributed by atoms with Crippen LogP contribution in [0.3, 0.4) is 0 Å². The van der Waals surface area contributed by atoms with Crippen LogP contribution < -0.4 is 9.84 Å². The molecule has 0 saturated heterocycles. The van der Waals surface area contributed by atoms with Gasteiger partial charge in [0, 0.05) is 0 Å². The first-order chi connectivity index (χ1) is 7.25. The molecule has 0 heterocycles. The molecule has 1 N–H and O–H groups in total. The number of hydrogen-bond donors (Lipinski definition) is 1. The summed E-state index contributed by atoms with van der Waals surface area (Å²) in [6.07, 6.45) is 7.07. The maximum Gasteiger partial charge on any atom is 0.289 e. The van der Waals surface area contributed by atoms with Crippen LogP contribution in [0.5, 0.6) is 11.5 Å². The summed E-state index contributed by atoms with van der Waals surface area (Å²) in [5.74, 6) is 0.182. The van der Waals surface area contributed by atoms with E-state index in [1.165, 1.54) is 24.3 Å². The summed E-state index contributed by atoms with van der Waals surface area (Å²) in [5.41, 5.74) is 0.612. The molecule has 0 atom stereocenters. The number of ether oxygens (including phenoxy) is 1. The molecule has 3 nitrogen and oxygen atoms in total. The van der Waals surface area contributed by atoms with Gasteiger partial charge in [0.05, 0.1) is 5.57 Å². The standard InChI is InChI=1S/C12H10O3/c13-10-5-7-11(8-6-10)15-12(14)9-3-1-2-4-9/h1-8,13-14H/p-1. The van der Waals surface area contributed by atoms with Crippen LogP contribution in [0.1, 0.15) is 0 Å². The molecular formula is C12H9O3-. The SMILES string of the molecule is [O-]c1ccc(OC(O)=C2C=CC=C2)cc1. The van der Waals surface area contributed by atoms with Gasteiger partial charge in [0.1, 0.15) is 5.75 Å². The number of allylic oxidation sites excluding steroid dienone is 5. The molecule has 0 amide bonds. The van der Waals surface area contributed by atoms with E-state index in [9.17, 15) is 10.2 Å². The molecule has 0 aromatic heterocycles. The second-order valence-electron chi connectivity index (χ2n) is 3.05. The zero-order chi connectivity index (χ0) is 10.7. The van der Waals surface area contributed by atoms with Gasteiger partial charge >= 0.3 is 0 Å². The van der Waals surface area contributed by atoms with Crippen LogP contribution in [0.25, 0.3) is 0 Å². The van der Waals surface area contributed by atoms with Crippen molar-refractivity contribution in [2.45, 2.75) is 0 Å². The van der Waals surface area contributed by atoms with Gasteiger partial charge in [-0.2, -0.15) is 0 Å². The number of hydrogen-bond acceptors (Lipinski definition) is 3. The number of aliphatic hydroxyl groups excluding tert-OH is 1. The molecule has 0 spiro atoms. The highest BCUT2D eigenvalue weighted by Crippen LogP contribution is 2.19. The van der Waals surface area contributed by atoms with Gasteiger partial charge < -0.3 is 14.9 Å². The van der Waals surface area contributed by atoms with Crippen molar-refractivity contribution in [1.82, 2.24) is 0 Å². The van der Waals surface area contributed by atoms with E-state index in [1.54, 1.807) is 24.3 Å². The monoisotopic (exact) mass is 201 g/mol. The van der Waals surface area contributed by atoms with Crippen molar-refractivity contribution >= 4 is 0 Å². The lowest BCUT2D eigenvalue weighted by molar-refractivity contribution is -0.268. The highest BCUT2D eigenvalue weighted by Gasteiger charge is 2.04. The predicted octanol–water partition coefficient (Wildman–Crippen LogP) is 2.03. The fraction of sp³-hybridized carbons (Fsp3) is 0. The molecule has 76 valence electrons. The molecule has 0 fully saturated rings. The van der Waals surface area contributed by atoms with E-state index >= 15 is 0 Å². The summed E-state index contributed by atoms with van der Waals surface area (Å²) >= 11 is 0. The minimum atomic E-state index is -0.168. The second-order valence-corrected chi connectivity index (χ2v) is 3.05. The Balaban J connectivity index is 2.15. The van der Waals surface area contributed by atoms with Crippen molar-refractivity contribution in [2.75, 3.05) is 0 Å². The Bertz CT molecular complexity index is 424. The molecular weight excluding hydrogens is 192 g/mol. The Hall–Kier alpha value is -2.16. The van der Waals surface area contributed by atoms with Crippen LogP contribution in [0.2, 0.25) is 0 Å². The Morgan fingerprint density at radius 1 is 1.07 bits per heavy atom. The maximum absolute atomic E-state index is 10.8. The first-order valence-corrected chi connectivity index (χ1v) is 4.48. The molecule has 2 rings (SSSR count). The average molecular weight is 201 g/mol. The van der Waals surface area contributed by atoms with Gasteiger partial charge in [-0.25, -0.2) is 0 Å². The van der Waals surface area contributed by atoms with E-state index in [0.717, 1.165) is 0 Å². The molecule has 1 aliphatic rings. The topological polar surface area (TPSA) is 52.5 Å². The Morgan fingerprint density at radius 3 is 2.27 bits per heavy atom. The third-order valence-corrected chi connectivity index (χ3v) is 1.95. The van der Waals surface area contributed by atoms with E-state index in [4.69, 9.17) is 4.74 Å². The predicted molar refractivity (Wildman–Crippen MR) is 54.5 cm³/mol. The Morgan fingerprint density at radius 2 is 1.67 bits per heavy atom. The molecule has 0 saturated carbocycles. The molecule has 0 bridgehead atoms. The zero-order valence-electron chi connectivity index (χ0n) is 7.88. The number of aliphatic hydroxyl groups is 1. The van der Waals surface area contributed by atoms with Crippen molar-refractivity contribution in [3.05, 3.63) is 60.1 Å². The smallest absolute Gasteiger partial charge is 0.289 e. The summed E-state index contributed by atoms with van der Waals surface area (Å²) in [6.45, 7) is 0. The van der Waals surface area contributed by atoms with Crippen molar-refractivity contribution in [3.63, 3.8) is 0 Å². The van der Waals surface area contributed by atoms with Crippen LogP contribution in [0.15, 0.2) is 60.1 Å². The highest BCUT2D eigenvalue weighted by molar-refractivity contribution is 5.41. The zero-order valence-corrected chi connectivity index (χ0v) is 7.88. The molecule has 1 aromatic carbocycles. The average Bonchev–Trinajstić information content (AvgIpc) is 2.74. The minimum absolute atomic E-state index is 0.0878. The largest absolute Gasteiger partial charge is 0.872 e. The second kappa shape index (κ2) is 3.92. The molecule has 1 aromatic rings. The Kier molecular flexibility index (Phi) is 2.46. The third kappa shape index (κ3) is 2.20. The van der Waals surface area contributed by atoms with E-state index in [-0.39, 0.29) is 11.7 Å². The van der Waals surface area contributed by atoms with Gasteiger partial charge in [0.25, 0.3) is 5.95 Å². The summed E-state index contributed by atoms with van der Waals surface area (Å²) in [4.78, 5) is 0. The van der Waals surface area contributed by atoms with Crippen LogP contribution in [-0.2, 0) is 0 Å². The van der Waals surface area contributed by atoms with Crippen molar-refractivity contribution in [2.24, 2.45) is 0 Å². The normalized spacial score (nSPS) is 13.2. The van der Waals surface area contributed by atoms with Crippen molar-refractivity contribution < 1.29 is 14.9 Å². The van der Waals surface area contributed by atoms with Gasteiger partial charge in [-0.15, -0.1) is 5.75 Å². The lowest BCUT2D eigenvalue weighted by atomic mass is 10.3. The van der Waals surface area contributed by atoms with Gasteiger partial charge in [-0.3, -0.25) is 0 Å². The van der Waals surface area contributed by atoms with Crippen molar-refractivity contribution in [3.8, 4) is 11.5 Å². The van der Waals surface area contributed by atoms with Gasteiger partial charge in [0.15, 0.2) is 0 Å². The molecule has 0 radical (unpaired) electrons. The molecule has 0 unspecified atom stereocenters. The number of rotatable bonds is 2. The first kappa shape index (κ1) is 9.40. The highest BCUT2D eigenvalue weighted by atomic mass is 16.6. The fourth-order valence-corrected chi connectivity index (χ4v) is 1.19. The van der Waals surface area contributed by atoms with E-state index < -0.39 is 0 Å². The molecule has 0 aliphatic heterocycles. The first-order valence-electron chi connectivity index (χ1n) is 4.48. The van der Waals surface area contributed by atoms with Crippen LogP contribution in [-0.4, -0.2) is 5.11 Å². The summed E-state index contributed by atoms with van der Waals surface area (Å²) in [7, 11) is 0.